The lowest BCUT2D eigenvalue weighted by atomic mass is 9.93. The molecule has 1 aliphatic heterocycles. The van der Waals surface area contributed by atoms with E-state index in [9.17, 15) is 14.4 Å². The number of hydrogen-bond donors (Lipinski definition) is 1. The molecule has 13 nitrogen and oxygen atoms in total. The van der Waals surface area contributed by atoms with Gasteiger partial charge < -0.3 is 28.6 Å². The van der Waals surface area contributed by atoms with Gasteiger partial charge in [0.2, 0.25) is 0 Å². The maximum atomic E-state index is 11.9. The molecule has 0 unspecified atom stereocenters. The zero-order valence-electron chi connectivity index (χ0n) is 27.2. The van der Waals surface area contributed by atoms with E-state index in [2.05, 4.69) is 29.2 Å². The molecule has 0 fully saturated rings. The Hall–Kier alpha value is -5.07. The highest BCUT2D eigenvalue weighted by Crippen LogP contribution is 2.34. The van der Waals surface area contributed by atoms with E-state index >= 15 is 0 Å². The largest absolute Gasteiger partial charge is 0.490 e. The van der Waals surface area contributed by atoms with E-state index in [1.165, 1.54) is 35.1 Å². The lowest BCUT2D eigenvalue weighted by molar-refractivity contribution is -0.137. The molecule has 13 heteroatoms. The van der Waals surface area contributed by atoms with E-state index in [0.29, 0.717) is 26.4 Å². The number of carboxylic acids is 1. The summed E-state index contributed by atoms with van der Waals surface area (Å²) in [6.07, 6.45) is 2.89. The van der Waals surface area contributed by atoms with E-state index in [0.717, 1.165) is 63.8 Å². The first kappa shape index (κ1) is 33.8. The number of fused-ring (bicyclic) bond motifs is 2. The number of imidazole rings is 1. The molecule has 2 aromatic carbocycles. The van der Waals surface area contributed by atoms with Gasteiger partial charge in [0.15, 0.2) is 34.2 Å². The maximum absolute atomic E-state index is 11.9. The number of ether oxygens (including phenoxy) is 4. The van der Waals surface area contributed by atoms with Crippen molar-refractivity contribution in [2.75, 3.05) is 33.0 Å². The summed E-state index contributed by atoms with van der Waals surface area (Å²) in [7, 11) is 2.81. The zero-order valence-corrected chi connectivity index (χ0v) is 27.2. The van der Waals surface area contributed by atoms with Gasteiger partial charge in [-0.05, 0) is 69.5 Å². The highest BCUT2D eigenvalue weighted by molar-refractivity contribution is 6.04. The van der Waals surface area contributed by atoms with Crippen LogP contribution in [0.15, 0.2) is 51.2 Å². The molecule has 0 saturated carbocycles. The monoisotopic (exact) mass is 635 g/mol. The Labute approximate surface area is 266 Å². The topological polar surface area (TPSA) is 148 Å². The van der Waals surface area contributed by atoms with Crippen LogP contribution in [-0.2, 0) is 38.3 Å². The van der Waals surface area contributed by atoms with Crippen LogP contribution in [0.1, 0.15) is 44.4 Å². The van der Waals surface area contributed by atoms with E-state index in [1.807, 2.05) is 33.8 Å². The van der Waals surface area contributed by atoms with Gasteiger partial charge in [0, 0.05) is 38.3 Å². The van der Waals surface area contributed by atoms with E-state index in [4.69, 9.17) is 29.0 Å². The third-order valence-corrected chi connectivity index (χ3v) is 7.27. The molecule has 0 radical (unpaired) electrons. The van der Waals surface area contributed by atoms with Crippen molar-refractivity contribution in [3.8, 4) is 23.0 Å². The summed E-state index contributed by atoms with van der Waals surface area (Å²) >= 11 is 0. The first-order valence-electron chi connectivity index (χ1n) is 15.3. The molecule has 46 heavy (non-hydrogen) atoms. The van der Waals surface area contributed by atoms with Crippen molar-refractivity contribution >= 4 is 22.8 Å². The Bertz CT molecular complexity index is 1850. The fourth-order valence-corrected chi connectivity index (χ4v) is 5.22. The number of aliphatic carboxylic acids is 1. The Morgan fingerprint density at radius 2 is 1.46 bits per heavy atom. The third kappa shape index (κ3) is 7.41. The summed E-state index contributed by atoms with van der Waals surface area (Å²) in [5.74, 6) is 2.08. The molecule has 0 aliphatic carbocycles. The molecule has 1 N–H and O–H groups in total. The van der Waals surface area contributed by atoms with Crippen LogP contribution in [0, 0.1) is 0 Å². The highest BCUT2D eigenvalue weighted by Gasteiger charge is 2.20. The summed E-state index contributed by atoms with van der Waals surface area (Å²) in [5.41, 5.74) is 3.87. The van der Waals surface area contributed by atoms with Gasteiger partial charge in [-0.3, -0.25) is 23.7 Å². The van der Waals surface area contributed by atoms with Crippen LogP contribution in [0.4, 0.5) is 0 Å². The van der Waals surface area contributed by atoms with Crippen molar-refractivity contribution in [2.45, 2.75) is 47.1 Å². The van der Waals surface area contributed by atoms with Gasteiger partial charge >= 0.3 is 11.7 Å². The van der Waals surface area contributed by atoms with Gasteiger partial charge in [-0.1, -0.05) is 6.07 Å². The van der Waals surface area contributed by atoms with Crippen molar-refractivity contribution < 1.29 is 28.8 Å². The average Bonchev–Trinajstić information content (AvgIpc) is 3.44. The SMILES string of the molecule is CCOc1ccc(CC2=NCCc3cc(OCC)c(OCC)cc32)cc1OCC.Cn1c(=O)c2c(ncn2CC(=O)O)n(C)c1=O. The number of aromatic nitrogens is 4. The van der Waals surface area contributed by atoms with Crippen molar-refractivity contribution in [1.82, 2.24) is 18.7 Å². The summed E-state index contributed by atoms with van der Waals surface area (Å²) in [6.45, 7) is 10.8. The molecule has 5 rings (SSSR count). The van der Waals surface area contributed by atoms with Crippen LogP contribution >= 0.6 is 0 Å². The van der Waals surface area contributed by atoms with Crippen LogP contribution in [0.3, 0.4) is 0 Å². The molecule has 0 amide bonds. The second kappa shape index (κ2) is 15.3. The predicted octanol–water partition coefficient (Wildman–Crippen LogP) is 3.39. The Morgan fingerprint density at radius 3 is 2.09 bits per heavy atom. The highest BCUT2D eigenvalue weighted by atomic mass is 16.5. The summed E-state index contributed by atoms with van der Waals surface area (Å²) < 4.78 is 26.4. The number of benzene rings is 2. The zero-order chi connectivity index (χ0) is 33.4. The molecule has 0 bridgehead atoms. The molecule has 246 valence electrons. The van der Waals surface area contributed by atoms with E-state index < -0.39 is 17.2 Å². The van der Waals surface area contributed by atoms with E-state index in [-0.39, 0.29) is 17.7 Å². The Balaban J connectivity index is 0.000000240. The Kier molecular flexibility index (Phi) is 11.2. The number of carboxylic acid groups (broad SMARTS) is 1. The van der Waals surface area contributed by atoms with Gasteiger partial charge in [0.05, 0.1) is 32.8 Å². The number of aryl methyl sites for hydroxylation is 1. The molecular formula is C33H41N5O8. The quantitative estimate of drug-likeness (QED) is 0.247. The van der Waals surface area contributed by atoms with Crippen LogP contribution < -0.4 is 30.2 Å². The second-order valence-corrected chi connectivity index (χ2v) is 10.4. The first-order valence-corrected chi connectivity index (χ1v) is 15.3. The van der Waals surface area contributed by atoms with Gasteiger partial charge in [0.1, 0.15) is 6.54 Å². The van der Waals surface area contributed by atoms with Gasteiger partial charge in [0.25, 0.3) is 5.56 Å². The van der Waals surface area contributed by atoms with Crippen molar-refractivity contribution in [1.29, 1.82) is 0 Å². The molecule has 4 aromatic rings. The average molecular weight is 636 g/mol. The van der Waals surface area contributed by atoms with E-state index in [1.54, 1.807) is 0 Å². The number of carbonyl (C=O) groups is 1. The molecule has 2 aromatic heterocycles. The fourth-order valence-electron chi connectivity index (χ4n) is 5.22. The van der Waals surface area contributed by atoms with Crippen molar-refractivity contribution in [3.63, 3.8) is 0 Å². The molecular weight excluding hydrogens is 594 g/mol. The lowest BCUT2D eigenvalue weighted by Crippen LogP contribution is -2.37. The molecule has 3 heterocycles. The lowest BCUT2D eigenvalue weighted by Gasteiger charge is -2.21. The molecule has 0 atom stereocenters. The smallest absolute Gasteiger partial charge is 0.332 e. The fraction of sp³-hybridized carbons (Fsp3) is 0.424. The molecule has 0 spiro atoms. The van der Waals surface area contributed by atoms with Crippen LogP contribution in [-0.4, -0.2) is 68.4 Å². The van der Waals surface area contributed by atoms with Crippen LogP contribution in [0.2, 0.25) is 0 Å². The summed E-state index contributed by atoms with van der Waals surface area (Å²) in [5, 5.41) is 8.70. The van der Waals surface area contributed by atoms with Crippen LogP contribution in [0.25, 0.3) is 11.2 Å². The van der Waals surface area contributed by atoms with Gasteiger partial charge in [-0.15, -0.1) is 0 Å². The summed E-state index contributed by atoms with van der Waals surface area (Å²) in [4.78, 5) is 42.8. The molecule has 0 saturated heterocycles. The minimum atomic E-state index is -1.08. The number of rotatable bonds is 12. The standard InChI is InChI=1S/C24H31NO4.C9H10N4O4/c1-5-26-21-10-9-17(14-22(21)27-6-2)13-20-19-16-24(29-8-4)23(28-7-3)15-18(19)11-12-25-20;1-11-7-6(8(16)12(2)9(11)17)13(4-10-7)3-5(14)15/h9-10,14-16H,5-8,11-13H2,1-4H3;4H,3H2,1-2H3,(H,14,15). The van der Waals surface area contributed by atoms with Crippen LogP contribution in [0.5, 0.6) is 23.0 Å². The van der Waals surface area contributed by atoms with Gasteiger partial charge in [-0.25, -0.2) is 9.78 Å². The first-order chi connectivity index (χ1) is 22.1. The van der Waals surface area contributed by atoms with Crippen molar-refractivity contribution in [3.05, 3.63) is 74.2 Å². The minimum absolute atomic E-state index is 0.108. The third-order valence-electron chi connectivity index (χ3n) is 7.27. The normalized spacial score (nSPS) is 12.1. The molecule has 1 aliphatic rings. The minimum Gasteiger partial charge on any atom is -0.490 e. The Morgan fingerprint density at radius 1 is 0.848 bits per heavy atom. The van der Waals surface area contributed by atoms with Crippen molar-refractivity contribution in [2.24, 2.45) is 19.1 Å². The summed E-state index contributed by atoms with van der Waals surface area (Å²) in [6, 6.07) is 10.3. The second-order valence-electron chi connectivity index (χ2n) is 10.4. The number of aliphatic imine (C=N–C) groups is 1. The maximum Gasteiger partial charge on any atom is 0.332 e. The van der Waals surface area contributed by atoms with Gasteiger partial charge in [-0.2, -0.15) is 0 Å². The number of hydrogen-bond acceptors (Lipinski definition) is 9. The predicted molar refractivity (Wildman–Crippen MR) is 174 cm³/mol. The number of nitrogens with zero attached hydrogens (tertiary/aromatic N) is 5.